The van der Waals surface area contributed by atoms with E-state index in [0.717, 1.165) is 24.5 Å². The van der Waals surface area contributed by atoms with Gasteiger partial charge in [0.25, 0.3) is 0 Å². The molecule has 1 aromatic heterocycles. The highest BCUT2D eigenvalue weighted by Crippen LogP contribution is 2.32. The van der Waals surface area contributed by atoms with Crippen LogP contribution in [0.2, 0.25) is 0 Å². The summed E-state index contributed by atoms with van der Waals surface area (Å²) in [6, 6.07) is 4.71. The number of thioether (sulfide) groups is 1. The highest BCUT2D eigenvalue weighted by atomic mass is 32.2. The van der Waals surface area contributed by atoms with Crippen molar-refractivity contribution in [2.45, 2.75) is 55.7 Å². The fourth-order valence-electron chi connectivity index (χ4n) is 2.98. The first-order valence-electron chi connectivity index (χ1n) is 9.80. The molecule has 174 valence electrons. The number of hydrogen-bond acceptors (Lipinski definition) is 6. The standard InChI is InChI=1S/C21H23F4N3O3S/c1-20(2,3)31-19(29)28-10-16(17(11-28)32-18-26-8-15(22)9-27-18)30-12-13-4-6-14(7-5-13)21(23,24)25/h4-9,16-17H,10-12H2,1-3H3/t16-,17-/m1/s1. The number of ether oxygens (including phenoxy) is 2. The van der Waals surface area contributed by atoms with Crippen molar-refractivity contribution < 1.29 is 31.8 Å². The third kappa shape index (κ3) is 6.80. The maximum absolute atomic E-state index is 13.1. The minimum absolute atomic E-state index is 0.0618. The van der Waals surface area contributed by atoms with Crippen LogP contribution in [-0.2, 0) is 22.3 Å². The van der Waals surface area contributed by atoms with Crippen LogP contribution in [0.15, 0.2) is 41.8 Å². The van der Waals surface area contributed by atoms with Crippen molar-refractivity contribution in [2.75, 3.05) is 13.1 Å². The number of rotatable bonds is 5. The number of carbonyl (C=O) groups excluding carboxylic acids is 1. The number of nitrogens with zero attached hydrogens (tertiary/aromatic N) is 3. The Morgan fingerprint density at radius 1 is 1.12 bits per heavy atom. The SMILES string of the molecule is CC(C)(C)OC(=O)N1C[C@@H](OCc2ccc(C(F)(F)F)cc2)[C@H](Sc2ncc(F)cn2)C1. The van der Waals surface area contributed by atoms with Gasteiger partial charge in [-0.15, -0.1) is 0 Å². The van der Waals surface area contributed by atoms with Crippen molar-refractivity contribution in [3.63, 3.8) is 0 Å². The quantitative estimate of drug-likeness (QED) is 0.453. The summed E-state index contributed by atoms with van der Waals surface area (Å²) in [4.78, 5) is 21.9. The summed E-state index contributed by atoms with van der Waals surface area (Å²) in [5.41, 5.74) is -0.838. The fourth-order valence-corrected chi connectivity index (χ4v) is 4.05. The van der Waals surface area contributed by atoms with Gasteiger partial charge in [0.15, 0.2) is 11.0 Å². The van der Waals surface area contributed by atoms with Crippen LogP contribution in [0.5, 0.6) is 0 Å². The van der Waals surface area contributed by atoms with E-state index < -0.39 is 35.4 Å². The second-order valence-corrected chi connectivity index (χ2v) is 9.48. The molecule has 1 fully saturated rings. The average molecular weight is 473 g/mol. The summed E-state index contributed by atoms with van der Waals surface area (Å²) in [5, 5.41) is 0.0491. The molecule has 0 N–H and O–H groups in total. The van der Waals surface area contributed by atoms with Crippen LogP contribution in [0, 0.1) is 5.82 Å². The van der Waals surface area contributed by atoms with Gasteiger partial charge in [0.2, 0.25) is 0 Å². The molecular weight excluding hydrogens is 450 g/mol. The molecule has 2 aromatic rings. The second-order valence-electron chi connectivity index (χ2n) is 8.27. The Hall–Kier alpha value is -2.40. The lowest BCUT2D eigenvalue weighted by atomic mass is 10.1. The van der Waals surface area contributed by atoms with Gasteiger partial charge in [0.1, 0.15) is 5.60 Å². The van der Waals surface area contributed by atoms with Crippen molar-refractivity contribution in [3.05, 3.63) is 53.6 Å². The first-order valence-corrected chi connectivity index (χ1v) is 10.7. The molecule has 0 aliphatic carbocycles. The van der Waals surface area contributed by atoms with E-state index in [9.17, 15) is 22.4 Å². The number of amides is 1. The Bertz CT molecular complexity index is 918. The molecule has 1 amide bonds. The second kappa shape index (κ2) is 9.62. The molecule has 1 aromatic carbocycles. The molecule has 0 radical (unpaired) electrons. The number of hydrogen-bond donors (Lipinski definition) is 0. The number of aromatic nitrogens is 2. The third-order valence-electron chi connectivity index (χ3n) is 4.47. The Labute approximate surface area is 187 Å². The summed E-state index contributed by atoms with van der Waals surface area (Å²) in [7, 11) is 0. The zero-order valence-corrected chi connectivity index (χ0v) is 18.5. The molecule has 2 atom stereocenters. The minimum atomic E-state index is -4.41. The molecule has 0 saturated carbocycles. The van der Waals surface area contributed by atoms with Gasteiger partial charge < -0.3 is 14.4 Å². The normalized spacial score (nSPS) is 19.3. The summed E-state index contributed by atoms with van der Waals surface area (Å²) < 4.78 is 62.7. The predicted molar refractivity (Wildman–Crippen MR) is 109 cm³/mol. The van der Waals surface area contributed by atoms with E-state index >= 15 is 0 Å². The summed E-state index contributed by atoms with van der Waals surface area (Å²) in [5.74, 6) is -0.564. The molecule has 11 heteroatoms. The van der Waals surface area contributed by atoms with Crippen LogP contribution in [0.1, 0.15) is 31.9 Å². The van der Waals surface area contributed by atoms with Gasteiger partial charge in [-0.05, 0) is 38.5 Å². The van der Waals surface area contributed by atoms with E-state index in [1.807, 2.05) is 0 Å². The van der Waals surface area contributed by atoms with Gasteiger partial charge in [-0.1, -0.05) is 23.9 Å². The van der Waals surface area contributed by atoms with Crippen molar-refractivity contribution >= 4 is 17.9 Å². The van der Waals surface area contributed by atoms with Gasteiger partial charge >= 0.3 is 12.3 Å². The molecule has 6 nitrogen and oxygen atoms in total. The van der Waals surface area contributed by atoms with E-state index in [1.54, 1.807) is 20.8 Å². The van der Waals surface area contributed by atoms with Crippen molar-refractivity contribution in [2.24, 2.45) is 0 Å². The Morgan fingerprint density at radius 3 is 2.31 bits per heavy atom. The van der Waals surface area contributed by atoms with Crippen LogP contribution >= 0.6 is 11.8 Å². The Kier molecular flexibility index (Phi) is 7.29. The van der Waals surface area contributed by atoms with E-state index in [1.165, 1.54) is 28.8 Å². The number of likely N-dealkylation sites (tertiary alicyclic amines) is 1. The van der Waals surface area contributed by atoms with Gasteiger partial charge in [0.05, 0.1) is 42.5 Å². The molecule has 1 aliphatic heterocycles. The molecule has 0 unspecified atom stereocenters. The smallest absolute Gasteiger partial charge is 0.416 e. The molecule has 1 saturated heterocycles. The zero-order chi connectivity index (χ0) is 23.5. The Morgan fingerprint density at radius 2 is 1.75 bits per heavy atom. The maximum atomic E-state index is 13.1. The lowest BCUT2D eigenvalue weighted by Crippen LogP contribution is -2.36. The number of benzene rings is 1. The largest absolute Gasteiger partial charge is 0.444 e. The maximum Gasteiger partial charge on any atom is 0.416 e. The van der Waals surface area contributed by atoms with Crippen LogP contribution < -0.4 is 0 Å². The summed E-state index contributed by atoms with van der Waals surface area (Å²) in [6.45, 7) is 5.87. The van der Waals surface area contributed by atoms with Crippen LogP contribution in [0.4, 0.5) is 22.4 Å². The molecule has 32 heavy (non-hydrogen) atoms. The molecule has 0 spiro atoms. The summed E-state index contributed by atoms with van der Waals surface area (Å²) >= 11 is 1.24. The highest BCUT2D eigenvalue weighted by molar-refractivity contribution is 7.99. The molecular formula is C21H23F4N3O3S. The van der Waals surface area contributed by atoms with Gasteiger partial charge in [0, 0.05) is 6.54 Å². The number of halogens is 4. The lowest BCUT2D eigenvalue weighted by Gasteiger charge is -2.24. The number of carbonyl (C=O) groups is 1. The predicted octanol–water partition coefficient (Wildman–Crippen LogP) is 4.93. The van der Waals surface area contributed by atoms with Gasteiger partial charge in [-0.2, -0.15) is 13.2 Å². The first kappa shape index (κ1) is 24.2. The molecule has 3 rings (SSSR count). The van der Waals surface area contributed by atoms with Crippen molar-refractivity contribution in [3.8, 4) is 0 Å². The monoisotopic (exact) mass is 473 g/mol. The van der Waals surface area contributed by atoms with E-state index in [2.05, 4.69) is 9.97 Å². The van der Waals surface area contributed by atoms with E-state index in [4.69, 9.17) is 9.47 Å². The van der Waals surface area contributed by atoms with Crippen molar-refractivity contribution in [1.29, 1.82) is 0 Å². The lowest BCUT2D eigenvalue weighted by molar-refractivity contribution is -0.137. The zero-order valence-electron chi connectivity index (χ0n) is 17.7. The molecule has 2 heterocycles. The Balaban J connectivity index is 1.69. The number of alkyl halides is 3. The van der Waals surface area contributed by atoms with Gasteiger partial charge in [-0.25, -0.2) is 19.2 Å². The van der Waals surface area contributed by atoms with Crippen LogP contribution in [0.25, 0.3) is 0 Å². The third-order valence-corrected chi connectivity index (χ3v) is 5.64. The van der Waals surface area contributed by atoms with E-state index in [0.29, 0.717) is 10.7 Å². The molecule has 1 aliphatic rings. The highest BCUT2D eigenvalue weighted by Gasteiger charge is 2.39. The summed E-state index contributed by atoms with van der Waals surface area (Å²) in [6.07, 6.45) is -3.26. The average Bonchev–Trinajstić information content (AvgIpc) is 3.09. The topological polar surface area (TPSA) is 64.5 Å². The minimum Gasteiger partial charge on any atom is -0.444 e. The first-order chi connectivity index (χ1) is 14.9. The van der Waals surface area contributed by atoms with E-state index in [-0.39, 0.29) is 24.9 Å². The van der Waals surface area contributed by atoms with Gasteiger partial charge in [-0.3, -0.25) is 0 Å². The molecule has 0 bridgehead atoms. The van der Waals surface area contributed by atoms with Crippen LogP contribution in [0.3, 0.4) is 0 Å². The fraction of sp³-hybridized carbons (Fsp3) is 0.476. The van der Waals surface area contributed by atoms with Crippen molar-refractivity contribution in [1.82, 2.24) is 14.9 Å². The van der Waals surface area contributed by atoms with Crippen LogP contribution in [-0.4, -0.2) is 51.0 Å².